The lowest BCUT2D eigenvalue weighted by Gasteiger charge is -2.26. The summed E-state index contributed by atoms with van der Waals surface area (Å²) in [6, 6.07) is 14.5. The largest absolute Gasteiger partial charge is 0.497 e. The first-order valence-corrected chi connectivity index (χ1v) is 8.99. The highest BCUT2D eigenvalue weighted by Gasteiger charge is 2.19. The van der Waals surface area contributed by atoms with Crippen LogP contribution in [-0.2, 0) is 4.79 Å². The Labute approximate surface area is 159 Å². The standard InChI is InChI=1S/C22H22N2O3/c1-27-20-13-9-18(10-14-20)22(26)23-15-4-5-17-7-11-19(12-8-17)24-16-3-2-6-21(24)25/h7-14H,2-3,6,15-16H2,1H3,(H,23,26). The van der Waals surface area contributed by atoms with E-state index in [0.29, 0.717) is 17.7 Å². The van der Waals surface area contributed by atoms with Gasteiger partial charge in [-0.25, -0.2) is 0 Å². The molecule has 2 amide bonds. The number of nitrogens with zero attached hydrogens (tertiary/aromatic N) is 1. The van der Waals surface area contributed by atoms with E-state index >= 15 is 0 Å². The molecule has 0 atom stereocenters. The maximum atomic E-state index is 12.0. The van der Waals surface area contributed by atoms with Crippen molar-refractivity contribution in [3.05, 3.63) is 59.7 Å². The van der Waals surface area contributed by atoms with Crippen LogP contribution in [0.4, 0.5) is 5.69 Å². The predicted molar refractivity (Wildman–Crippen MR) is 105 cm³/mol. The molecule has 27 heavy (non-hydrogen) atoms. The summed E-state index contributed by atoms with van der Waals surface area (Å²) in [4.78, 5) is 25.8. The molecule has 3 rings (SSSR count). The molecule has 5 heteroatoms. The van der Waals surface area contributed by atoms with Crippen LogP contribution in [0.2, 0.25) is 0 Å². The number of hydrogen-bond donors (Lipinski definition) is 1. The fraction of sp³-hybridized carbons (Fsp3) is 0.273. The van der Waals surface area contributed by atoms with Gasteiger partial charge in [0.2, 0.25) is 5.91 Å². The number of nitrogens with one attached hydrogen (secondary N) is 1. The Bertz CT molecular complexity index is 861. The topological polar surface area (TPSA) is 58.6 Å². The molecule has 0 unspecified atom stereocenters. The minimum atomic E-state index is -0.175. The number of benzene rings is 2. The third-order valence-corrected chi connectivity index (χ3v) is 4.42. The monoisotopic (exact) mass is 362 g/mol. The summed E-state index contributed by atoms with van der Waals surface area (Å²) in [5.41, 5.74) is 2.33. The van der Waals surface area contributed by atoms with Gasteiger partial charge in [-0.15, -0.1) is 0 Å². The van der Waals surface area contributed by atoms with Gasteiger partial charge in [-0.1, -0.05) is 11.8 Å². The quantitative estimate of drug-likeness (QED) is 0.851. The molecule has 2 aromatic carbocycles. The number of ether oxygens (including phenoxy) is 1. The summed E-state index contributed by atoms with van der Waals surface area (Å²) in [5.74, 6) is 6.68. The van der Waals surface area contributed by atoms with Crippen LogP contribution in [0, 0.1) is 11.8 Å². The molecule has 1 heterocycles. The number of hydrogen-bond acceptors (Lipinski definition) is 3. The highest BCUT2D eigenvalue weighted by atomic mass is 16.5. The number of anilines is 1. The maximum Gasteiger partial charge on any atom is 0.252 e. The second-order valence-corrected chi connectivity index (χ2v) is 6.26. The molecule has 0 saturated carbocycles. The minimum Gasteiger partial charge on any atom is -0.497 e. The number of rotatable bonds is 4. The van der Waals surface area contributed by atoms with Crippen molar-refractivity contribution in [1.82, 2.24) is 5.32 Å². The van der Waals surface area contributed by atoms with Crippen LogP contribution in [-0.4, -0.2) is 32.0 Å². The lowest BCUT2D eigenvalue weighted by atomic mass is 10.1. The second kappa shape index (κ2) is 8.91. The van der Waals surface area contributed by atoms with E-state index < -0.39 is 0 Å². The molecule has 1 fully saturated rings. The first-order chi connectivity index (χ1) is 13.2. The van der Waals surface area contributed by atoms with E-state index in [0.717, 1.165) is 30.6 Å². The summed E-state index contributed by atoms with van der Waals surface area (Å²) in [6.07, 6.45) is 2.64. The van der Waals surface area contributed by atoms with Crippen molar-refractivity contribution in [3.8, 4) is 17.6 Å². The molecule has 0 radical (unpaired) electrons. The van der Waals surface area contributed by atoms with Crippen molar-refractivity contribution in [2.75, 3.05) is 25.1 Å². The van der Waals surface area contributed by atoms with Gasteiger partial charge in [-0.05, 0) is 61.4 Å². The van der Waals surface area contributed by atoms with Crippen LogP contribution >= 0.6 is 0 Å². The SMILES string of the molecule is COc1ccc(C(=O)NCC#Cc2ccc(N3CCCCC3=O)cc2)cc1. The smallest absolute Gasteiger partial charge is 0.252 e. The summed E-state index contributed by atoms with van der Waals surface area (Å²) in [6.45, 7) is 1.04. The van der Waals surface area contributed by atoms with Crippen LogP contribution in [0.5, 0.6) is 5.75 Å². The third kappa shape index (κ3) is 4.89. The number of piperidine rings is 1. The Morgan fingerprint density at radius 3 is 2.52 bits per heavy atom. The minimum absolute atomic E-state index is 0.175. The van der Waals surface area contributed by atoms with E-state index in [2.05, 4.69) is 17.2 Å². The van der Waals surface area contributed by atoms with Gasteiger partial charge in [0.25, 0.3) is 5.91 Å². The highest BCUT2D eigenvalue weighted by molar-refractivity contribution is 5.94. The molecule has 2 aromatic rings. The Kier molecular flexibility index (Phi) is 6.11. The van der Waals surface area contributed by atoms with Crippen molar-refractivity contribution < 1.29 is 14.3 Å². The van der Waals surface area contributed by atoms with Gasteiger partial charge in [0, 0.05) is 29.8 Å². The number of amides is 2. The van der Waals surface area contributed by atoms with Crippen LogP contribution in [0.1, 0.15) is 35.2 Å². The van der Waals surface area contributed by atoms with Crippen molar-refractivity contribution in [1.29, 1.82) is 0 Å². The van der Waals surface area contributed by atoms with Gasteiger partial charge in [-0.2, -0.15) is 0 Å². The van der Waals surface area contributed by atoms with Gasteiger partial charge in [0.15, 0.2) is 0 Å². The molecule has 0 spiro atoms. The fourth-order valence-corrected chi connectivity index (χ4v) is 2.92. The van der Waals surface area contributed by atoms with Gasteiger partial charge >= 0.3 is 0 Å². The summed E-state index contributed by atoms with van der Waals surface area (Å²) in [5, 5.41) is 2.77. The van der Waals surface area contributed by atoms with Crippen molar-refractivity contribution in [3.63, 3.8) is 0 Å². The van der Waals surface area contributed by atoms with Crippen molar-refractivity contribution >= 4 is 17.5 Å². The average Bonchev–Trinajstić information content (AvgIpc) is 2.72. The maximum absolute atomic E-state index is 12.0. The number of carbonyl (C=O) groups excluding carboxylic acids is 2. The molecule has 1 saturated heterocycles. The summed E-state index contributed by atoms with van der Waals surface area (Å²) < 4.78 is 5.07. The van der Waals surface area contributed by atoms with Gasteiger partial charge in [0.1, 0.15) is 5.75 Å². The predicted octanol–water partition coefficient (Wildman–Crippen LogP) is 2.99. The Hall–Kier alpha value is -3.26. The Morgan fingerprint density at radius 1 is 1.11 bits per heavy atom. The molecule has 138 valence electrons. The molecule has 1 N–H and O–H groups in total. The van der Waals surface area contributed by atoms with Crippen molar-refractivity contribution in [2.45, 2.75) is 19.3 Å². The molecule has 0 bridgehead atoms. The molecule has 0 aliphatic carbocycles. The van der Waals surface area contributed by atoms with E-state index in [1.807, 2.05) is 29.2 Å². The number of methoxy groups -OCH3 is 1. The zero-order valence-corrected chi connectivity index (χ0v) is 15.3. The summed E-state index contributed by atoms with van der Waals surface area (Å²) >= 11 is 0. The normalized spacial score (nSPS) is 13.5. The van der Waals surface area contributed by atoms with Gasteiger partial charge in [0.05, 0.1) is 13.7 Å². The highest BCUT2D eigenvalue weighted by Crippen LogP contribution is 2.21. The first kappa shape index (κ1) is 18.5. The van der Waals surface area contributed by atoms with E-state index in [9.17, 15) is 9.59 Å². The van der Waals surface area contributed by atoms with E-state index in [1.165, 1.54) is 0 Å². The first-order valence-electron chi connectivity index (χ1n) is 8.99. The Balaban J connectivity index is 1.53. The van der Waals surface area contributed by atoms with Crippen LogP contribution in [0.15, 0.2) is 48.5 Å². The van der Waals surface area contributed by atoms with E-state index in [1.54, 1.807) is 31.4 Å². The third-order valence-electron chi connectivity index (χ3n) is 4.42. The van der Waals surface area contributed by atoms with Gasteiger partial charge < -0.3 is 15.0 Å². The van der Waals surface area contributed by atoms with Gasteiger partial charge in [-0.3, -0.25) is 9.59 Å². The zero-order valence-electron chi connectivity index (χ0n) is 15.3. The molecule has 5 nitrogen and oxygen atoms in total. The molecule has 0 aromatic heterocycles. The van der Waals surface area contributed by atoms with Crippen LogP contribution < -0.4 is 15.0 Å². The average molecular weight is 362 g/mol. The number of carbonyl (C=O) groups is 2. The molecule has 1 aliphatic rings. The molecule has 1 aliphatic heterocycles. The van der Waals surface area contributed by atoms with E-state index in [-0.39, 0.29) is 18.4 Å². The zero-order chi connectivity index (χ0) is 19.1. The van der Waals surface area contributed by atoms with E-state index in [4.69, 9.17) is 4.74 Å². The van der Waals surface area contributed by atoms with Crippen LogP contribution in [0.3, 0.4) is 0 Å². The second-order valence-electron chi connectivity index (χ2n) is 6.26. The Morgan fingerprint density at radius 2 is 1.85 bits per heavy atom. The molecular formula is C22H22N2O3. The lowest BCUT2D eigenvalue weighted by molar-refractivity contribution is -0.119. The summed E-state index contributed by atoms with van der Waals surface area (Å²) in [7, 11) is 1.58. The van der Waals surface area contributed by atoms with Crippen molar-refractivity contribution in [2.24, 2.45) is 0 Å². The fourth-order valence-electron chi connectivity index (χ4n) is 2.92. The molecular weight excluding hydrogens is 340 g/mol. The lowest BCUT2D eigenvalue weighted by Crippen LogP contribution is -2.35. The van der Waals surface area contributed by atoms with Crippen LogP contribution in [0.25, 0.3) is 0 Å².